The van der Waals surface area contributed by atoms with Gasteiger partial charge in [-0.2, -0.15) is 5.26 Å². The third kappa shape index (κ3) is 3.17. The largest absolute Gasteiger partial charge is 0.348 e. The van der Waals surface area contributed by atoms with Gasteiger partial charge >= 0.3 is 0 Å². The summed E-state index contributed by atoms with van der Waals surface area (Å²) < 4.78 is 13.6. The third-order valence-electron chi connectivity index (χ3n) is 2.66. The average molecular weight is 254 g/mol. The number of halogens is 1. The topological polar surface area (TPSA) is 52.9 Å². The number of benzene rings is 2. The molecule has 0 aliphatic heterocycles. The normalized spacial score (nSPS) is 9.68. The highest BCUT2D eigenvalue weighted by Gasteiger charge is 2.07. The molecule has 0 radical (unpaired) electrons. The minimum atomic E-state index is -0.493. The van der Waals surface area contributed by atoms with Gasteiger partial charge in [0.1, 0.15) is 5.82 Å². The van der Waals surface area contributed by atoms with Crippen LogP contribution in [0.25, 0.3) is 0 Å². The number of nitriles is 1. The first kappa shape index (κ1) is 12.8. The molecule has 3 nitrogen and oxygen atoms in total. The smallest absolute Gasteiger partial charge is 0.251 e. The number of carbonyl (C=O) groups excluding carboxylic acids is 1. The van der Waals surface area contributed by atoms with Crippen LogP contribution in [0, 0.1) is 17.1 Å². The zero-order valence-corrected chi connectivity index (χ0v) is 10.1. The predicted molar refractivity (Wildman–Crippen MR) is 68.7 cm³/mol. The molecule has 2 aromatic rings. The second kappa shape index (κ2) is 5.78. The Morgan fingerprint density at radius 2 is 1.95 bits per heavy atom. The Hall–Kier alpha value is -2.67. The van der Waals surface area contributed by atoms with E-state index in [2.05, 4.69) is 5.32 Å². The number of nitrogens with zero attached hydrogens (tertiary/aromatic N) is 1. The summed E-state index contributed by atoms with van der Waals surface area (Å²) in [6, 6.07) is 14.7. The van der Waals surface area contributed by atoms with Crippen LogP contribution in [-0.4, -0.2) is 5.91 Å². The number of hydrogen-bond donors (Lipinski definition) is 1. The van der Waals surface area contributed by atoms with E-state index in [4.69, 9.17) is 5.26 Å². The second-order valence-corrected chi connectivity index (χ2v) is 3.97. The molecule has 2 aromatic carbocycles. The fourth-order valence-electron chi connectivity index (χ4n) is 1.63. The third-order valence-corrected chi connectivity index (χ3v) is 2.66. The maximum atomic E-state index is 13.6. The van der Waals surface area contributed by atoms with Crippen molar-refractivity contribution >= 4 is 5.91 Å². The fourth-order valence-corrected chi connectivity index (χ4v) is 1.63. The first-order valence-corrected chi connectivity index (χ1v) is 5.72. The Morgan fingerprint density at radius 3 is 2.58 bits per heavy atom. The van der Waals surface area contributed by atoms with Gasteiger partial charge in [0, 0.05) is 17.7 Å². The van der Waals surface area contributed by atoms with Gasteiger partial charge < -0.3 is 5.32 Å². The van der Waals surface area contributed by atoms with Crippen LogP contribution in [0.5, 0.6) is 0 Å². The Balaban J connectivity index is 2.04. The Bertz CT molecular complexity index is 632. The maximum absolute atomic E-state index is 13.6. The van der Waals surface area contributed by atoms with Crippen molar-refractivity contribution in [2.24, 2.45) is 0 Å². The molecule has 0 unspecified atom stereocenters. The Morgan fingerprint density at radius 1 is 1.21 bits per heavy atom. The molecule has 19 heavy (non-hydrogen) atoms. The van der Waals surface area contributed by atoms with Gasteiger partial charge in [0.2, 0.25) is 0 Å². The summed E-state index contributed by atoms with van der Waals surface area (Å²) in [6.07, 6.45) is 0. The highest BCUT2D eigenvalue weighted by atomic mass is 19.1. The molecule has 1 N–H and O–H groups in total. The summed E-state index contributed by atoms with van der Waals surface area (Å²) in [7, 11) is 0. The van der Waals surface area contributed by atoms with Crippen LogP contribution >= 0.6 is 0 Å². The van der Waals surface area contributed by atoms with Crippen molar-refractivity contribution in [1.29, 1.82) is 5.26 Å². The van der Waals surface area contributed by atoms with E-state index >= 15 is 0 Å². The van der Waals surface area contributed by atoms with E-state index in [9.17, 15) is 9.18 Å². The van der Waals surface area contributed by atoms with Gasteiger partial charge in [-0.05, 0) is 24.3 Å². The van der Waals surface area contributed by atoms with Gasteiger partial charge in [0.15, 0.2) is 0 Å². The molecule has 0 atom stereocenters. The molecule has 4 heteroatoms. The van der Waals surface area contributed by atoms with Crippen LogP contribution in [0.2, 0.25) is 0 Å². The summed E-state index contributed by atoms with van der Waals surface area (Å²) in [4.78, 5) is 11.8. The maximum Gasteiger partial charge on any atom is 0.251 e. The number of nitrogens with one attached hydrogen (secondary N) is 1. The van der Waals surface area contributed by atoms with Gasteiger partial charge in [-0.25, -0.2) is 4.39 Å². The van der Waals surface area contributed by atoms with Crippen LogP contribution in [-0.2, 0) is 6.54 Å². The van der Waals surface area contributed by atoms with Crippen molar-refractivity contribution < 1.29 is 9.18 Å². The molecule has 0 saturated carbocycles. The van der Waals surface area contributed by atoms with E-state index in [1.807, 2.05) is 12.1 Å². The zero-order valence-electron chi connectivity index (χ0n) is 10.1. The van der Waals surface area contributed by atoms with Crippen LogP contribution < -0.4 is 5.32 Å². The van der Waals surface area contributed by atoms with Crippen LogP contribution in [0.3, 0.4) is 0 Å². The molecule has 94 valence electrons. The summed E-state index contributed by atoms with van der Waals surface area (Å²) in [5.74, 6) is -0.753. The lowest BCUT2D eigenvalue weighted by molar-refractivity contribution is 0.0950. The molecule has 1 amide bonds. The molecule has 0 bridgehead atoms. The molecule has 2 rings (SSSR count). The predicted octanol–water partition coefficient (Wildman–Crippen LogP) is 2.63. The van der Waals surface area contributed by atoms with Crippen LogP contribution in [0.4, 0.5) is 4.39 Å². The van der Waals surface area contributed by atoms with E-state index in [1.54, 1.807) is 24.3 Å². The van der Waals surface area contributed by atoms with Crippen molar-refractivity contribution in [1.82, 2.24) is 5.32 Å². The molecule has 0 saturated heterocycles. The minimum Gasteiger partial charge on any atom is -0.348 e. The summed E-state index contributed by atoms with van der Waals surface area (Å²) in [6.45, 7) is 0.0886. The fraction of sp³-hybridized carbons (Fsp3) is 0.0667. The van der Waals surface area contributed by atoms with Crippen molar-refractivity contribution in [2.45, 2.75) is 6.54 Å². The van der Waals surface area contributed by atoms with E-state index in [0.29, 0.717) is 11.1 Å². The zero-order chi connectivity index (χ0) is 13.7. The van der Waals surface area contributed by atoms with Gasteiger partial charge in [0.05, 0.1) is 11.6 Å². The molecule has 0 aliphatic carbocycles. The number of rotatable bonds is 3. The van der Waals surface area contributed by atoms with Crippen molar-refractivity contribution in [2.75, 3.05) is 0 Å². The molecule has 0 aliphatic rings. The van der Waals surface area contributed by atoms with E-state index in [0.717, 1.165) is 6.07 Å². The number of amides is 1. The molecule has 0 aromatic heterocycles. The van der Waals surface area contributed by atoms with Crippen molar-refractivity contribution in [3.63, 3.8) is 0 Å². The lowest BCUT2D eigenvalue weighted by Gasteiger charge is -2.06. The monoisotopic (exact) mass is 254 g/mol. The Labute approximate surface area is 110 Å². The SMILES string of the molecule is N#Cc1ccc(CNC(=O)c2ccccc2)c(F)c1. The Kier molecular flexibility index (Phi) is 3.89. The quantitative estimate of drug-likeness (QED) is 0.915. The van der Waals surface area contributed by atoms with Gasteiger partial charge in [-0.3, -0.25) is 4.79 Å². The first-order valence-electron chi connectivity index (χ1n) is 5.72. The molecular weight excluding hydrogens is 243 g/mol. The van der Waals surface area contributed by atoms with Crippen LogP contribution in [0.15, 0.2) is 48.5 Å². The summed E-state index contributed by atoms with van der Waals surface area (Å²) in [5.41, 5.74) is 1.13. The summed E-state index contributed by atoms with van der Waals surface area (Å²) in [5, 5.41) is 11.3. The lowest BCUT2D eigenvalue weighted by Crippen LogP contribution is -2.23. The van der Waals surface area contributed by atoms with Crippen molar-refractivity contribution in [3.05, 3.63) is 71.0 Å². The van der Waals surface area contributed by atoms with E-state index in [-0.39, 0.29) is 18.0 Å². The van der Waals surface area contributed by atoms with Gasteiger partial charge in [0.25, 0.3) is 5.91 Å². The standard InChI is InChI=1S/C15H11FN2O/c16-14-8-11(9-17)6-7-13(14)10-18-15(19)12-4-2-1-3-5-12/h1-8H,10H2,(H,18,19). The number of hydrogen-bond acceptors (Lipinski definition) is 2. The average Bonchev–Trinajstić information content (AvgIpc) is 2.46. The lowest BCUT2D eigenvalue weighted by atomic mass is 10.1. The van der Waals surface area contributed by atoms with Gasteiger partial charge in [-0.1, -0.05) is 24.3 Å². The van der Waals surface area contributed by atoms with E-state index < -0.39 is 5.82 Å². The molecule has 0 spiro atoms. The second-order valence-electron chi connectivity index (χ2n) is 3.97. The summed E-state index contributed by atoms with van der Waals surface area (Å²) >= 11 is 0. The molecule has 0 fully saturated rings. The molecular formula is C15H11FN2O. The van der Waals surface area contributed by atoms with Crippen molar-refractivity contribution in [3.8, 4) is 6.07 Å². The first-order chi connectivity index (χ1) is 9.20. The molecule has 0 heterocycles. The van der Waals surface area contributed by atoms with Gasteiger partial charge in [-0.15, -0.1) is 0 Å². The highest BCUT2D eigenvalue weighted by molar-refractivity contribution is 5.94. The van der Waals surface area contributed by atoms with Crippen LogP contribution in [0.1, 0.15) is 21.5 Å². The minimum absolute atomic E-state index is 0.0886. The van der Waals surface area contributed by atoms with E-state index in [1.165, 1.54) is 12.1 Å². The highest BCUT2D eigenvalue weighted by Crippen LogP contribution is 2.10. The number of carbonyl (C=O) groups is 1.